The van der Waals surface area contributed by atoms with Crippen LogP contribution in [0.25, 0.3) is 0 Å². The van der Waals surface area contributed by atoms with Crippen molar-refractivity contribution < 1.29 is 4.79 Å². The molecule has 0 radical (unpaired) electrons. The van der Waals surface area contributed by atoms with Crippen molar-refractivity contribution >= 4 is 5.91 Å². The van der Waals surface area contributed by atoms with Gasteiger partial charge in [0.15, 0.2) is 0 Å². The van der Waals surface area contributed by atoms with E-state index in [1.54, 1.807) is 0 Å². The SMILES string of the molecule is O=C1CCC2CCCCN1CCC2. The van der Waals surface area contributed by atoms with Gasteiger partial charge in [0.2, 0.25) is 5.91 Å². The number of hydrogen-bond acceptors (Lipinski definition) is 1. The minimum atomic E-state index is 0.409. The van der Waals surface area contributed by atoms with E-state index in [0.29, 0.717) is 5.91 Å². The molecule has 0 aromatic carbocycles. The third-order valence-corrected chi connectivity index (χ3v) is 3.45. The fraction of sp³-hybridized carbons (Fsp3) is 0.909. The maximum Gasteiger partial charge on any atom is 0.222 e. The van der Waals surface area contributed by atoms with E-state index in [9.17, 15) is 4.79 Å². The number of amides is 1. The standard InChI is InChI=1S/C11H19NO/c13-11-7-6-10-4-1-2-8-12(11)9-3-5-10/h10H,1-9H2. The fourth-order valence-electron chi connectivity index (χ4n) is 2.59. The van der Waals surface area contributed by atoms with Gasteiger partial charge >= 0.3 is 0 Å². The Morgan fingerprint density at radius 1 is 1.00 bits per heavy atom. The highest BCUT2D eigenvalue weighted by Gasteiger charge is 2.21. The summed E-state index contributed by atoms with van der Waals surface area (Å²) in [6.45, 7) is 2.04. The largest absolute Gasteiger partial charge is 0.343 e. The van der Waals surface area contributed by atoms with Crippen LogP contribution in [0.2, 0.25) is 0 Å². The van der Waals surface area contributed by atoms with E-state index in [0.717, 1.165) is 31.8 Å². The normalized spacial score (nSPS) is 30.6. The van der Waals surface area contributed by atoms with Gasteiger partial charge in [0.25, 0.3) is 0 Å². The third kappa shape index (κ3) is 2.23. The van der Waals surface area contributed by atoms with E-state index in [1.807, 2.05) is 0 Å². The molecule has 0 N–H and O–H groups in total. The molecule has 0 aliphatic carbocycles. The second kappa shape index (κ2) is 4.12. The highest BCUT2D eigenvalue weighted by Crippen LogP contribution is 2.25. The number of rotatable bonds is 0. The van der Waals surface area contributed by atoms with Crippen molar-refractivity contribution in [3.8, 4) is 0 Å². The molecule has 3 fully saturated rings. The van der Waals surface area contributed by atoms with E-state index in [2.05, 4.69) is 4.90 Å². The molecular formula is C11H19NO. The molecule has 0 aromatic rings. The quantitative estimate of drug-likeness (QED) is 0.561. The number of fused-ring (bicyclic) bond motifs is 7. The van der Waals surface area contributed by atoms with E-state index in [-0.39, 0.29) is 0 Å². The summed E-state index contributed by atoms with van der Waals surface area (Å²) in [5.41, 5.74) is 0. The molecule has 0 saturated carbocycles. The van der Waals surface area contributed by atoms with Crippen molar-refractivity contribution in [3.05, 3.63) is 0 Å². The first kappa shape index (κ1) is 9.04. The van der Waals surface area contributed by atoms with Gasteiger partial charge in [-0.2, -0.15) is 0 Å². The predicted octanol–water partition coefficient (Wildman–Crippen LogP) is 2.19. The lowest BCUT2D eigenvalue weighted by molar-refractivity contribution is -0.132. The van der Waals surface area contributed by atoms with Gasteiger partial charge in [0.05, 0.1) is 0 Å². The van der Waals surface area contributed by atoms with Crippen LogP contribution in [0.3, 0.4) is 0 Å². The van der Waals surface area contributed by atoms with Crippen LogP contribution in [-0.4, -0.2) is 23.9 Å². The number of nitrogens with zero attached hydrogens (tertiary/aromatic N) is 1. The van der Waals surface area contributed by atoms with E-state index < -0.39 is 0 Å². The zero-order valence-corrected chi connectivity index (χ0v) is 8.30. The van der Waals surface area contributed by atoms with E-state index in [4.69, 9.17) is 0 Å². The van der Waals surface area contributed by atoms with Crippen molar-refractivity contribution in [1.82, 2.24) is 4.90 Å². The van der Waals surface area contributed by atoms with Crippen molar-refractivity contribution in [2.45, 2.75) is 44.9 Å². The van der Waals surface area contributed by atoms with Gasteiger partial charge in [0, 0.05) is 19.5 Å². The van der Waals surface area contributed by atoms with Gasteiger partial charge in [0.1, 0.15) is 0 Å². The van der Waals surface area contributed by atoms with Crippen LogP contribution in [0, 0.1) is 5.92 Å². The van der Waals surface area contributed by atoms with Gasteiger partial charge in [-0.05, 0) is 31.6 Å². The van der Waals surface area contributed by atoms with E-state index in [1.165, 1.54) is 32.1 Å². The Labute approximate surface area is 80.3 Å². The minimum absolute atomic E-state index is 0.409. The summed E-state index contributed by atoms with van der Waals surface area (Å²) in [5, 5.41) is 0. The van der Waals surface area contributed by atoms with Crippen LogP contribution in [0.5, 0.6) is 0 Å². The van der Waals surface area contributed by atoms with Gasteiger partial charge in [-0.3, -0.25) is 4.79 Å². The van der Waals surface area contributed by atoms with Crippen molar-refractivity contribution in [1.29, 1.82) is 0 Å². The molecule has 2 bridgehead atoms. The number of hydrogen-bond donors (Lipinski definition) is 0. The number of carbonyl (C=O) groups excluding carboxylic acids is 1. The van der Waals surface area contributed by atoms with E-state index >= 15 is 0 Å². The van der Waals surface area contributed by atoms with Gasteiger partial charge in [-0.1, -0.05) is 12.8 Å². The molecule has 74 valence electrons. The van der Waals surface area contributed by atoms with Crippen molar-refractivity contribution in [2.75, 3.05) is 13.1 Å². The topological polar surface area (TPSA) is 20.3 Å². The average Bonchev–Trinajstić information content (AvgIpc) is 2.27. The molecule has 2 heteroatoms. The molecule has 1 atom stereocenters. The van der Waals surface area contributed by atoms with Crippen LogP contribution in [0.15, 0.2) is 0 Å². The Kier molecular flexibility index (Phi) is 2.87. The Balaban J connectivity index is 2.07. The molecule has 2 nitrogen and oxygen atoms in total. The monoisotopic (exact) mass is 181 g/mol. The molecule has 3 aliphatic rings. The number of carbonyl (C=O) groups is 1. The molecule has 0 aromatic heterocycles. The summed E-state index contributed by atoms with van der Waals surface area (Å²) in [6, 6.07) is 0. The summed E-state index contributed by atoms with van der Waals surface area (Å²) in [4.78, 5) is 13.7. The maximum absolute atomic E-state index is 11.7. The zero-order valence-electron chi connectivity index (χ0n) is 8.30. The van der Waals surface area contributed by atoms with Gasteiger partial charge in [-0.25, -0.2) is 0 Å². The second-order valence-corrected chi connectivity index (χ2v) is 4.42. The molecule has 13 heavy (non-hydrogen) atoms. The molecule has 1 unspecified atom stereocenters. The molecule has 3 saturated heterocycles. The highest BCUT2D eigenvalue weighted by molar-refractivity contribution is 5.76. The lowest BCUT2D eigenvalue weighted by Crippen LogP contribution is -2.33. The molecular weight excluding hydrogens is 162 g/mol. The molecule has 3 aliphatic heterocycles. The molecule has 0 spiro atoms. The summed E-state index contributed by atoms with van der Waals surface area (Å²) >= 11 is 0. The highest BCUT2D eigenvalue weighted by atomic mass is 16.2. The van der Waals surface area contributed by atoms with Crippen molar-refractivity contribution in [3.63, 3.8) is 0 Å². The zero-order chi connectivity index (χ0) is 9.10. The lowest BCUT2D eigenvalue weighted by atomic mass is 9.92. The third-order valence-electron chi connectivity index (χ3n) is 3.45. The average molecular weight is 181 g/mol. The maximum atomic E-state index is 11.7. The summed E-state index contributed by atoms with van der Waals surface area (Å²) in [7, 11) is 0. The fourth-order valence-corrected chi connectivity index (χ4v) is 2.59. The molecule has 3 rings (SSSR count). The van der Waals surface area contributed by atoms with Crippen molar-refractivity contribution in [2.24, 2.45) is 5.92 Å². The second-order valence-electron chi connectivity index (χ2n) is 4.42. The smallest absolute Gasteiger partial charge is 0.222 e. The Morgan fingerprint density at radius 2 is 1.77 bits per heavy atom. The first-order valence-corrected chi connectivity index (χ1v) is 5.64. The Morgan fingerprint density at radius 3 is 2.69 bits per heavy atom. The summed E-state index contributed by atoms with van der Waals surface area (Å²) < 4.78 is 0. The molecule has 1 amide bonds. The Hall–Kier alpha value is -0.530. The Bertz CT molecular complexity index is 187. The first-order chi connectivity index (χ1) is 6.36. The van der Waals surface area contributed by atoms with Gasteiger partial charge < -0.3 is 4.90 Å². The van der Waals surface area contributed by atoms with Gasteiger partial charge in [-0.15, -0.1) is 0 Å². The predicted molar refractivity (Wildman–Crippen MR) is 52.4 cm³/mol. The van der Waals surface area contributed by atoms with Crippen LogP contribution in [0.4, 0.5) is 0 Å². The lowest BCUT2D eigenvalue weighted by Gasteiger charge is -2.25. The summed E-state index contributed by atoms with van der Waals surface area (Å²) in [6.07, 6.45) is 8.46. The van der Waals surface area contributed by atoms with Crippen LogP contribution in [0.1, 0.15) is 44.9 Å². The summed E-state index contributed by atoms with van der Waals surface area (Å²) in [5.74, 6) is 1.26. The van der Waals surface area contributed by atoms with Crippen LogP contribution in [-0.2, 0) is 4.79 Å². The first-order valence-electron chi connectivity index (χ1n) is 5.64. The van der Waals surface area contributed by atoms with Crippen LogP contribution >= 0.6 is 0 Å². The van der Waals surface area contributed by atoms with Crippen LogP contribution < -0.4 is 0 Å². The molecule has 3 heterocycles. The minimum Gasteiger partial charge on any atom is -0.343 e.